The molecule has 0 aromatic rings. The minimum atomic E-state index is 0.775. The highest BCUT2D eigenvalue weighted by molar-refractivity contribution is 5.56. The summed E-state index contributed by atoms with van der Waals surface area (Å²) in [6.07, 6.45) is 2.76. The first-order valence-corrected chi connectivity index (χ1v) is 2.31. The van der Waals surface area contributed by atoms with E-state index in [1.54, 1.807) is 14.2 Å². The van der Waals surface area contributed by atoms with E-state index in [0.717, 1.165) is 13.0 Å². The first-order valence-electron chi connectivity index (χ1n) is 2.31. The van der Waals surface area contributed by atoms with Crippen molar-refractivity contribution in [1.82, 2.24) is 0 Å². The Morgan fingerprint density at radius 2 is 2.43 bits per heavy atom. The molecule has 0 heterocycles. The van der Waals surface area contributed by atoms with Gasteiger partial charge in [0.05, 0.1) is 6.61 Å². The minimum absolute atomic E-state index is 0.775. The van der Waals surface area contributed by atoms with Crippen LogP contribution in [-0.4, -0.2) is 27.0 Å². The van der Waals surface area contributed by atoms with Crippen LogP contribution in [0.2, 0.25) is 0 Å². The standard InChI is InChI=1S/C5H11NO/c1-6-4-3-5-7-2/h4H,3,5H2,1-2H3/b6-4-. The van der Waals surface area contributed by atoms with Gasteiger partial charge in [-0.2, -0.15) is 0 Å². The van der Waals surface area contributed by atoms with Gasteiger partial charge in [0.1, 0.15) is 0 Å². The fourth-order valence-corrected chi connectivity index (χ4v) is 0.300. The topological polar surface area (TPSA) is 21.6 Å². The summed E-state index contributed by atoms with van der Waals surface area (Å²) in [4.78, 5) is 3.77. The molecule has 42 valence electrons. The number of methoxy groups -OCH3 is 1. The highest BCUT2D eigenvalue weighted by Crippen LogP contribution is 1.71. The molecular formula is C5H11NO. The molecule has 0 amide bonds. The predicted molar refractivity (Wildman–Crippen MR) is 30.9 cm³/mol. The van der Waals surface area contributed by atoms with Gasteiger partial charge in [0.2, 0.25) is 0 Å². The van der Waals surface area contributed by atoms with Gasteiger partial charge in [-0.25, -0.2) is 0 Å². The third-order valence-corrected chi connectivity index (χ3v) is 0.634. The number of hydrogen-bond acceptors (Lipinski definition) is 2. The summed E-state index contributed by atoms with van der Waals surface area (Å²) >= 11 is 0. The largest absolute Gasteiger partial charge is 0.384 e. The van der Waals surface area contributed by atoms with Crippen LogP contribution in [0, 0.1) is 0 Å². The van der Waals surface area contributed by atoms with Crippen LogP contribution in [0.4, 0.5) is 0 Å². The number of nitrogens with zero attached hydrogens (tertiary/aromatic N) is 1. The highest BCUT2D eigenvalue weighted by atomic mass is 16.5. The lowest BCUT2D eigenvalue weighted by Crippen LogP contribution is -1.87. The van der Waals surface area contributed by atoms with E-state index in [0.29, 0.717) is 0 Å². The average Bonchev–Trinajstić information content (AvgIpc) is 1.69. The van der Waals surface area contributed by atoms with E-state index in [4.69, 9.17) is 4.74 Å². The smallest absolute Gasteiger partial charge is 0.0511 e. The summed E-state index contributed by atoms with van der Waals surface area (Å²) in [5, 5.41) is 0. The molecule has 0 aromatic carbocycles. The zero-order valence-corrected chi connectivity index (χ0v) is 4.85. The summed E-state index contributed by atoms with van der Waals surface area (Å²) in [6.45, 7) is 0.775. The van der Waals surface area contributed by atoms with Crippen molar-refractivity contribution in [2.24, 2.45) is 4.99 Å². The molecule has 2 heteroatoms. The van der Waals surface area contributed by atoms with Crippen molar-refractivity contribution in [1.29, 1.82) is 0 Å². The number of rotatable bonds is 3. The molecule has 0 aliphatic rings. The van der Waals surface area contributed by atoms with Crippen LogP contribution in [0.1, 0.15) is 6.42 Å². The Kier molecular flexibility index (Phi) is 5.33. The van der Waals surface area contributed by atoms with E-state index in [9.17, 15) is 0 Å². The molecule has 0 fully saturated rings. The van der Waals surface area contributed by atoms with Gasteiger partial charge in [-0.05, 0) is 0 Å². The Morgan fingerprint density at radius 3 is 2.86 bits per heavy atom. The highest BCUT2D eigenvalue weighted by Gasteiger charge is 1.73. The first-order chi connectivity index (χ1) is 3.41. The third kappa shape index (κ3) is 5.63. The lowest BCUT2D eigenvalue weighted by atomic mass is 10.5. The fourth-order valence-electron chi connectivity index (χ4n) is 0.300. The normalized spacial score (nSPS) is 10.6. The summed E-state index contributed by atoms with van der Waals surface area (Å²) in [7, 11) is 3.44. The lowest BCUT2D eigenvalue weighted by molar-refractivity contribution is 0.208. The van der Waals surface area contributed by atoms with Gasteiger partial charge in [-0.15, -0.1) is 0 Å². The van der Waals surface area contributed by atoms with Gasteiger partial charge in [0, 0.05) is 26.8 Å². The number of ether oxygens (including phenoxy) is 1. The monoisotopic (exact) mass is 101 g/mol. The van der Waals surface area contributed by atoms with Gasteiger partial charge < -0.3 is 9.73 Å². The van der Waals surface area contributed by atoms with E-state index in [1.165, 1.54) is 0 Å². The SMILES string of the molecule is C/N=C\CCOC. The second-order valence-electron chi connectivity index (χ2n) is 1.22. The Balaban J connectivity index is 2.69. The van der Waals surface area contributed by atoms with Crippen molar-refractivity contribution >= 4 is 6.21 Å². The molecule has 0 atom stereocenters. The van der Waals surface area contributed by atoms with Gasteiger partial charge in [0.15, 0.2) is 0 Å². The van der Waals surface area contributed by atoms with Crippen LogP contribution in [0.5, 0.6) is 0 Å². The first kappa shape index (κ1) is 6.63. The number of hydrogen-bond donors (Lipinski definition) is 0. The fraction of sp³-hybridized carbons (Fsp3) is 0.800. The van der Waals surface area contributed by atoms with Gasteiger partial charge >= 0.3 is 0 Å². The molecule has 0 saturated heterocycles. The maximum absolute atomic E-state index is 4.75. The van der Waals surface area contributed by atoms with E-state index in [2.05, 4.69) is 4.99 Å². The molecule has 0 saturated carbocycles. The summed E-state index contributed by atoms with van der Waals surface area (Å²) in [5.74, 6) is 0. The van der Waals surface area contributed by atoms with E-state index in [-0.39, 0.29) is 0 Å². The molecule has 0 N–H and O–H groups in total. The second-order valence-corrected chi connectivity index (χ2v) is 1.22. The second kappa shape index (κ2) is 5.63. The Hall–Kier alpha value is -0.370. The maximum Gasteiger partial charge on any atom is 0.0511 e. The summed E-state index contributed by atoms with van der Waals surface area (Å²) in [6, 6.07) is 0. The molecule has 7 heavy (non-hydrogen) atoms. The van der Waals surface area contributed by atoms with Crippen LogP contribution >= 0.6 is 0 Å². The Bertz CT molecular complexity index is 52.0. The van der Waals surface area contributed by atoms with Crippen LogP contribution in [0.25, 0.3) is 0 Å². The lowest BCUT2D eigenvalue weighted by Gasteiger charge is -1.86. The van der Waals surface area contributed by atoms with Crippen LogP contribution in [0.3, 0.4) is 0 Å². The van der Waals surface area contributed by atoms with Gasteiger partial charge in [-0.3, -0.25) is 0 Å². The zero-order valence-electron chi connectivity index (χ0n) is 4.85. The summed E-state index contributed by atoms with van der Waals surface area (Å²) in [5.41, 5.74) is 0. The molecule has 0 radical (unpaired) electrons. The zero-order chi connectivity index (χ0) is 5.54. The molecule has 0 spiro atoms. The molecule has 0 aliphatic heterocycles. The van der Waals surface area contributed by atoms with Crippen LogP contribution in [0.15, 0.2) is 4.99 Å². The van der Waals surface area contributed by atoms with Gasteiger partial charge in [0.25, 0.3) is 0 Å². The van der Waals surface area contributed by atoms with Crippen molar-refractivity contribution in [3.8, 4) is 0 Å². The van der Waals surface area contributed by atoms with Crippen molar-refractivity contribution in [2.45, 2.75) is 6.42 Å². The summed E-state index contributed by atoms with van der Waals surface area (Å²) < 4.78 is 4.75. The van der Waals surface area contributed by atoms with Crippen molar-refractivity contribution in [3.63, 3.8) is 0 Å². The quantitative estimate of drug-likeness (QED) is 0.379. The molecular weight excluding hydrogens is 90.1 g/mol. The Morgan fingerprint density at radius 1 is 1.71 bits per heavy atom. The van der Waals surface area contributed by atoms with E-state index >= 15 is 0 Å². The molecule has 0 aromatic heterocycles. The molecule has 0 rings (SSSR count). The number of aliphatic imine (C=N–C) groups is 1. The van der Waals surface area contributed by atoms with Crippen molar-refractivity contribution < 1.29 is 4.74 Å². The average molecular weight is 101 g/mol. The van der Waals surface area contributed by atoms with Crippen molar-refractivity contribution in [3.05, 3.63) is 0 Å². The van der Waals surface area contributed by atoms with Gasteiger partial charge in [-0.1, -0.05) is 0 Å². The predicted octanol–water partition coefficient (Wildman–Crippen LogP) is 0.724. The maximum atomic E-state index is 4.75. The third-order valence-electron chi connectivity index (χ3n) is 0.634. The van der Waals surface area contributed by atoms with E-state index < -0.39 is 0 Å². The van der Waals surface area contributed by atoms with Crippen LogP contribution < -0.4 is 0 Å². The minimum Gasteiger partial charge on any atom is -0.384 e. The molecule has 0 unspecified atom stereocenters. The molecule has 2 nitrogen and oxygen atoms in total. The van der Waals surface area contributed by atoms with E-state index in [1.807, 2.05) is 6.21 Å². The van der Waals surface area contributed by atoms with Crippen molar-refractivity contribution in [2.75, 3.05) is 20.8 Å². The Labute approximate surface area is 44.2 Å². The molecule has 0 bridgehead atoms. The molecule has 0 aliphatic carbocycles. The van der Waals surface area contributed by atoms with Crippen LogP contribution in [-0.2, 0) is 4.74 Å².